The van der Waals surface area contributed by atoms with Gasteiger partial charge in [0.2, 0.25) is 5.95 Å². The summed E-state index contributed by atoms with van der Waals surface area (Å²) >= 11 is 0. The molecule has 0 radical (unpaired) electrons. The van der Waals surface area contributed by atoms with Crippen molar-refractivity contribution in [2.45, 2.75) is 37.8 Å². The van der Waals surface area contributed by atoms with E-state index in [-0.39, 0.29) is 0 Å². The fourth-order valence-electron chi connectivity index (χ4n) is 6.44. The van der Waals surface area contributed by atoms with Crippen LogP contribution in [-0.2, 0) is 0 Å². The quantitative estimate of drug-likeness (QED) is 0.291. The van der Waals surface area contributed by atoms with Gasteiger partial charge in [0.1, 0.15) is 17.8 Å². The second kappa shape index (κ2) is 10.9. The summed E-state index contributed by atoms with van der Waals surface area (Å²) in [6, 6.07) is 11.1. The molecule has 1 saturated carbocycles. The Bertz CT molecular complexity index is 1740. The van der Waals surface area contributed by atoms with Crippen molar-refractivity contribution >= 4 is 39.4 Å². The maximum atomic E-state index is 13.7. The van der Waals surface area contributed by atoms with E-state index >= 15 is 0 Å². The van der Waals surface area contributed by atoms with E-state index in [4.69, 9.17) is 5.73 Å². The number of fused-ring (bicyclic) bond motifs is 2. The number of hydrogen-bond donors (Lipinski definition) is 2. The number of nitrogens with two attached hydrogens (primary N) is 1. The number of halogens is 2. The predicted octanol–water partition coefficient (Wildman–Crippen LogP) is 5.38. The summed E-state index contributed by atoms with van der Waals surface area (Å²) in [6.07, 6.45) is 9.78. The first kappa shape index (κ1) is 26.7. The summed E-state index contributed by atoms with van der Waals surface area (Å²) in [7, 11) is 2.20. The second-order valence-electron chi connectivity index (χ2n) is 11.4. The van der Waals surface area contributed by atoms with Gasteiger partial charge >= 0.3 is 0 Å². The first-order valence-corrected chi connectivity index (χ1v) is 14.5. The van der Waals surface area contributed by atoms with Crippen LogP contribution in [0.4, 0.5) is 26.2 Å². The number of piperazine rings is 1. The molecule has 2 fully saturated rings. The molecule has 3 aromatic heterocycles. The number of hydrogen-bond acceptors (Lipinski definition) is 8. The Morgan fingerprint density at radius 1 is 0.881 bits per heavy atom. The maximum Gasteiger partial charge on any atom is 0.227 e. The zero-order valence-corrected chi connectivity index (χ0v) is 23.5. The first-order valence-electron chi connectivity index (χ1n) is 14.5. The summed E-state index contributed by atoms with van der Waals surface area (Å²) in [6.45, 7) is 4.60. The van der Waals surface area contributed by atoms with Crippen LogP contribution in [0.1, 0.15) is 31.7 Å². The molecule has 5 aromatic rings. The van der Waals surface area contributed by atoms with Crippen molar-refractivity contribution in [1.82, 2.24) is 34.3 Å². The molecule has 3 N–H and O–H groups in total. The van der Waals surface area contributed by atoms with E-state index in [1.807, 2.05) is 24.3 Å². The number of benzene rings is 2. The van der Waals surface area contributed by atoms with Gasteiger partial charge in [-0.05, 0) is 56.5 Å². The van der Waals surface area contributed by atoms with Crippen LogP contribution in [0, 0.1) is 11.6 Å². The maximum absolute atomic E-state index is 13.7. The monoisotopic (exact) mass is 569 g/mol. The molecule has 42 heavy (non-hydrogen) atoms. The summed E-state index contributed by atoms with van der Waals surface area (Å²) < 4.78 is 29.5. The van der Waals surface area contributed by atoms with Crippen LogP contribution in [0.25, 0.3) is 33.1 Å². The molecule has 0 unspecified atom stereocenters. The molecule has 11 heteroatoms. The average molecular weight is 570 g/mol. The van der Waals surface area contributed by atoms with Crippen LogP contribution in [0.15, 0.2) is 55.1 Å². The van der Waals surface area contributed by atoms with Crippen molar-refractivity contribution < 1.29 is 8.78 Å². The molecule has 0 amide bonds. The Morgan fingerprint density at radius 2 is 1.60 bits per heavy atom. The van der Waals surface area contributed by atoms with Crippen LogP contribution >= 0.6 is 0 Å². The topological polar surface area (TPSA) is 101 Å². The van der Waals surface area contributed by atoms with Gasteiger partial charge in [-0.1, -0.05) is 12.1 Å². The van der Waals surface area contributed by atoms with Gasteiger partial charge in [-0.3, -0.25) is 4.90 Å². The lowest BCUT2D eigenvalue weighted by atomic mass is 9.89. The lowest BCUT2D eigenvalue weighted by Gasteiger charge is -2.41. The Kier molecular flexibility index (Phi) is 6.91. The molecule has 1 saturated heterocycles. The number of nitrogen functional groups attached to an aromatic ring is 1. The summed E-state index contributed by atoms with van der Waals surface area (Å²) in [4.78, 5) is 22.6. The van der Waals surface area contributed by atoms with E-state index in [0.29, 0.717) is 34.8 Å². The lowest BCUT2D eigenvalue weighted by Crippen LogP contribution is -2.49. The molecule has 0 atom stereocenters. The number of rotatable bonds is 5. The van der Waals surface area contributed by atoms with Crippen LogP contribution in [0.5, 0.6) is 0 Å². The molecule has 0 bridgehead atoms. The van der Waals surface area contributed by atoms with Gasteiger partial charge in [0, 0.05) is 73.4 Å². The standard InChI is InChI=1S/C31H33F2N9/c1-40-10-12-41(13-11-40)22-6-8-23(9-7-22)42-17-24(28-29(34)36-18-37-30(28)42)19-2-4-21(5-3-19)38-31-35-16-20-14-25(32)26(33)15-27(20)39-31/h2-5,14-18,22-23H,6-13H2,1H3,(H2,34,36,37)(H,35,38,39). The van der Waals surface area contributed by atoms with Crippen molar-refractivity contribution in [1.29, 1.82) is 0 Å². The number of nitrogens with one attached hydrogen (secondary N) is 1. The summed E-state index contributed by atoms with van der Waals surface area (Å²) in [5.74, 6) is -1.10. The van der Waals surface area contributed by atoms with Gasteiger partial charge in [-0.2, -0.15) is 0 Å². The highest BCUT2D eigenvalue weighted by atomic mass is 19.2. The van der Waals surface area contributed by atoms with Crippen molar-refractivity contribution in [3.8, 4) is 11.1 Å². The van der Waals surface area contributed by atoms with Gasteiger partial charge in [0.15, 0.2) is 11.6 Å². The van der Waals surface area contributed by atoms with Gasteiger partial charge in [-0.25, -0.2) is 28.7 Å². The smallest absolute Gasteiger partial charge is 0.227 e. The van der Waals surface area contributed by atoms with Crippen molar-refractivity contribution in [3.05, 3.63) is 66.8 Å². The van der Waals surface area contributed by atoms with Crippen LogP contribution in [0.2, 0.25) is 0 Å². The number of anilines is 3. The Balaban J connectivity index is 1.12. The van der Waals surface area contributed by atoms with Gasteiger partial charge in [0.05, 0.1) is 10.9 Å². The van der Waals surface area contributed by atoms with E-state index in [2.05, 4.69) is 52.9 Å². The van der Waals surface area contributed by atoms with Gasteiger partial charge in [-0.15, -0.1) is 0 Å². The van der Waals surface area contributed by atoms with Crippen molar-refractivity contribution in [3.63, 3.8) is 0 Å². The Labute approximate surface area is 242 Å². The van der Waals surface area contributed by atoms with E-state index in [9.17, 15) is 8.78 Å². The largest absolute Gasteiger partial charge is 0.383 e. The van der Waals surface area contributed by atoms with Crippen molar-refractivity contribution in [2.24, 2.45) is 0 Å². The molecule has 2 aliphatic rings. The molecule has 1 aliphatic carbocycles. The molecular weight excluding hydrogens is 536 g/mol. The van der Waals surface area contributed by atoms with Crippen LogP contribution < -0.4 is 11.1 Å². The zero-order chi connectivity index (χ0) is 28.8. The van der Waals surface area contributed by atoms with E-state index in [1.54, 1.807) is 6.33 Å². The Morgan fingerprint density at radius 3 is 2.36 bits per heavy atom. The predicted molar refractivity (Wildman–Crippen MR) is 160 cm³/mol. The number of likely N-dealkylation sites (N-methyl/N-ethyl adjacent to an activating group) is 1. The third-order valence-electron chi connectivity index (χ3n) is 8.83. The fraction of sp³-hybridized carbons (Fsp3) is 0.355. The highest BCUT2D eigenvalue weighted by Crippen LogP contribution is 2.39. The van der Waals surface area contributed by atoms with E-state index in [0.717, 1.165) is 79.0 Å². The van der Waals surface area contributed by atoms with Crippen LogP contribution in [0.3, 0.4) is 0 Å². The molecule has 9 nitrogen and oxygen atoms in total. The summed E-state index contributed by atoms with van der Waals surface area (Å²) in [5.41, 5.74) is 10.4. The number of nitrogens with zero attached hydrogens (tertiary/aromatic N) is 7. The third-order valence-corrected chi connectivity index (χ3v) is 8.83. The highest BCUT2D eigenvalue weighted by Gasteiger charge is 2.30. The van der Waals surface area contributed by atoms with Crippen molar-refractivity contribution in [2.75, 3.05) is 44.3 Å². The highest BCUT2D eigenvalue weighted by molar-refractivity contribution is 6.00. The third kappa shape index (κ3) is 5.03. The van der Waals surface area contributed by atoms with Crippen LogP contribution in [-0.4, -0.2) is 73.6 Å². The average Bonchev–Trinajstić information content (AvgIpc) is 3.40. The van der Waals surface area contributed by atoms with E-state index in [1.165, 1.54) is 19.0 Å². The SMILES string of the molecule is CN1CCN(C2CCC(n3cc(-c4ccc(Nc5ncc6cc(F)c(F)cc6n5)cc4)c4c(N)ncnc43)CC2)CC1. The van der Waals surface area contributed by atoms with Gasteiger partial charge in [0.25, 0.3) is 0 Å². The molecule has 7 rings (SSSR count). The molecule has 4 heterocycles. The van der Waals surface area contributed by atoms with Gasteiger partial charge < -0.3 is 20.5 Å². The normalized spacial score (nSPS) is 20.4. The zero-order valence-electron chi connectivity index (χ0n) is 23.5. The minimum Gasteiger partial charge on any atom is -0.383 e. The molecular formula is C31H33F2N9. The lowest BCUT2D eigenvalue weighted by molar-refractivity contribution is 0.0828. The van der Waals surface area contributed by atoms with E-state index < -0.39 is 11.6 Å². The molecule has 216 valence electrons. The molecule has 2 aromatic carbocycles. The minimum absolute atomic E-state index is 0.294. The first-order chi connectivity index (χ1) is 20.4. The summed E-state index contributed by atoms with van der Waals surface area (Å²) in [5, 5.41) is 4.44. The molecule has 0 spiro atoms. The minimum atomic E-state index is -0.943. The second-order valence-corrected chi connectivity index (χ2v) is 11.4. The Hall–Kier alpha value is -4.22. The fourth-order valence-corrected chi connectivity index (χ4v) is 6.44. The molecule has 1 aliphatic heterocycles. The number of aromatic nitrogens is 5.